The minimum absolute atomic E-state index is 0.110. The maximum absolute atomic E-state index is 12.3. The Morgan fingerprint density at radius 3 is 2.50 bits per heavy atom. The molecule has 0 aliphatic carbocycles. The maximum Gasteiger partial charge on any atom is 0.251 e. The molecule has 0 aliphatic rings. The highest BCUT2D eigenvalue weighted by Gasteiger charge is 2.21. The molecule has 4 heteroatoms. The number of nitrogens with one attached hydrogen (secondary N) is 1. The molecule has 0 heterocycles. The smallest absolute Gasteiger partial charge is 0.251 e. The zero-order chi connectivity index (χ0) is 16.2. The maximum atomic E-state index is 12.3. The molecule has 0 spiro atoms. The second-order valence-corrected chi connectivity index (χ2v) is 6.24. The average molecular weight is 318 g/mol. The van der Waals surface area contributed by atoms with E-state index in [0.717, 1.165) is 5.56 Å². The fourth-order valence-electron chi connectivity index (χ4n) is 2.17. The van der Waals surface area contributed by atoms with Crippen molar-refractivity contribution >= 4 is 17.5 Å². The molecule has 0 fully saturated rings. The number of rotatable bonds is 5. The highest BCUT2D eigenvalue weighted by molar-refractivity contribution is 6.30. The van der Waals surface area contributed by atoms with E-state index in [1.165, 1.54) is 0 Å². The second kappa shape index (κ2) is 6.84. The standard InChI is InChI=1S/C18H20ClNO2/c1-18(2,14-7-9-15(19)10-8-14)12-20-17(21)13-5-4-6-16(11-13)22-3/h4-11H,12H2,1-3H3,(H,20,21). The van der Waals surface area contributed by atoms with Gasteiger partial charge in [0.25, 0.3) is 5.91 Å². The van der Waals surface area contributed by atoms with Crippen LogP contribution in [0.4, 0.5) is 0 Å². The molecule has 2 rings (SSSR count). The molecule has 2 aromatic carbocycles. The van der Waals surface area contributed by atoms with Gasteiger partial charge in [-0.1, -0.05) is 43.6 Å². The van der Waals surface area contributed by atoms with Crippen LogP contribution >= 0.6 is 11.6 Å². The summed E-state index contributed by atoms with van der Waals surface area (Å²) in [6.07, 6.45) is 0. The molecule has 0 unspecified atom stereocenters. The topological polar surface area (TPSA) is 38.3 Å². The highest BCUT2D eigenvalue weighted by atomic mass is 35.5. The molecule has 22 heavy (non-hydrogen) atoms. The minimum atomic E-state index is -0.181. The van der Waals surface area contributed by atoms with Crippen LogP contribution in [0.25, 0.3) is 0 Å². The minimum Gasteiger partial charge on any atom is -0.497 e. The van der Waals surface area contributed by atoms with E-state index < -0.39 is 0 Å². The van der Waals surface area contributed by atoms with Gasteiger partial charge in [-0.2, -0.15) is 0 Å². The third kappa shape index (κ3) is 4.01. The number of carbonyl (C=O) groups is 1. The van der Waals surface area contributed by atoms with E-state index in [-0.39, 0.29) is 11.3 Å². The van der Waals surface area contributed by atoms with Crippen LogP contribution in [-0.4, -0.2) is 19.6 Å². The zero-order valence-corrected chi connectivity index (χ0v) is 13.8. The predicted molar refractivity (Wildman–Crippen MR) is 89.8 cm³/mol. The lowest BCUT2D eigenvalue weighted by Gasteiger charge is -2.25. The number of carbonyl (C=O) groups excluding carboxylic acids is 1. The van der Waals surface area contributed by atoms with E-state index in [9.17, 15) is 4.79 Å². The van der Waals surface area contributed by atoms with Crippen molar-refractivity contribution in [3.8, 4) is 5.75 Å². The third-order valence-electron chi connectivity index (χ3n) is 3.65. The fraction of sp³-hybridized carbons (Fsp3) is 0.278. The molecule has 0 bridgehead atoms. The number of amides is 1. The van der Waals surface area contributed by atoms with Gasteiger partial charge in [-0.25, -0.2) is 0 Å². The van der Waals surface area contributed by atoms with Crippen LogP contribution in [0.15, 0.2) is 48.5 Å². The SMILES string of the molecule is COc1cccc(C(=O)NCC(C)(C)c2ccc(Cl)cc2)c1. The molecular formula is C18H20ClNO2. The van der Waals surface area contributed by atoms with Crippen LogP contribution in [0, 0.1) is 0 Å². The van der Waals surface area contributed by atoms with E-state index in [0.29, 0.717) is 22.9 Å². The Kier molecular flexibility index (Phi) is 5.09. The molecule has 1 N–H and O–H groups in total. The molecule has 0 radical (unpaired) electrons. The second-order valence-electron chi connectivity index (χ2n) is 5.81. The Balaban J connectivity index is 2.04. The molecule has 0 atom stereocenters. The molecule has 1 amide bonds. The molecule has 2 aromatic rings. The monoisotopic (exact) mass is 317 g/mol. The van der Waals surface area contributed by atoms with Gasteiger partial charge in [0, 0.05) is 22.5 Å². The van der Waals surface area contributed by atoms with E-state index in [1.807, 2.05) is 30.3 Å². The van der Waals surface area contributed by atoms with Gasteiger partial charge >= 0.3 is 0 Å². The lowest BCUT2D eigenvalue weighted by atomic mass is 9.84. The molecule has 3 nitrogen and oxygen atoms in total. The van der Waals surface area contributed by atoms with Crippen LogP contribution in [-0.2, 0) is 5.41 Å². The van der Waals surface area contributed by atoms with Crippen molar-refractivity contribution in [2.75, 3.05) is 13.7 Å². The first-order valence-electron chi connectivity index (χ1n) is 7.11. The molecular weight excluding hydrogens is 298 g/mol. The molecule has 0 aliphatic heterocycles. The zero-order valence-electron chi connectivity index (χ0n) is 13.0. The van der Waals surface area contributed by atoms with Gasteiger partial charge in [0.05, 0.1) is 7.11 Å². The fourth-order valence-corrected chi connectivity index (χ4v) is 2.30. The van der Waals surface area contributed by atoms with E-state index >= 15 is 0 Å². The molecule has 116 valence electrons. The number of halogens is 1. The summed E-state index contributed by atoms with van der Waals surface area (Å²) in [6, 6.07) is 14.8. The van der Waals surface area contributed by atoms with Gasteiger partial charge in [-0.15, -0.1) is 0 Å². The largest absolute Gasteiger partial charge is 0.497 e. The van der Waals surface area contributed by atoms with Gasteiger partial charge < -0.3 is 10.1 Å². The molecule has 0 saturated carbocycles. The first-order chi connectivity index (χ1) is 10.4. The first-order valence-corrected chi connectivity index (χ1v) is 7.48. The van der Waals surface area contributed by atoms with Crippen molar-refractivity contribution in [2.24, 2.45) is 0 Å². The summed E-state index contributed by atoms with van der Waals surface area (Å²) in [5, 5.41) is 3.68. The average Bonchev–Trinajstić information content (AvgIpc) is 2.53. The Hall–Kier alpha value is -2.00. The van der Waals surface area contributed by atoms with Crippen LogP contribution in [0.2, 0.25) is 5.02 Å². The predicted octanol–water partition coefficient (Wildman–Crippen LogP) is 4.06. The Morgan fingerprint density at radius 2 is 1.86 bits per heavy atom. The van der Waals surface area contributed by atoms with E-state index in [4.69, 9.17) is 16.3 Å². The van der Waals surface area contributed by atoms with Crippen molar-refractivity contribution in [1.29, 1.82) is 0 Å². The quantitative estimate of drug-likeness (QED) is 0.903. The molecule has 0 saturated heterocycles. The normalized spacial score (nSPS) is 11.1. The van der Waals surface area contributed by atoms with Crippen molar-refractivity contribution < 1.29 is 9.53 Å². The van der Waals surface area contributed by atoms with Gasteiger partial charge in [0.1, 0.15) is 5.75 Å². The summed E-state index contributed by atoms with van der Waals surface area (Å²) < 4.78 is 5.14. The van der Waals surface area contributed by atoms with Crippen molar-refractivity contribution in [2.45, 2.75) is 19.3 Å². The number of methoxy groups -OCH3 is 1. The summed E-state index contributed by atoms with van der Waals surface area (Å²) >= 11 is 5.92. The first kappa shape index (κ1) is 16.4. The van der Waals surface area contributed by atoms with Gasteiger partial charge in [0.15, 0.2) is 0 Å². The Labute approximate surface area is 136 Å². The third-order valence-corrected chi connectivity index (χ3v) is 3.90. The summed E-state index contributed by atoms with van der Waals surface area (Å²) in [7, 11) is 1.58. The highest BCUT2D eigenvalue weighted by Crippen LogP contribution is 2.24. The summed E-state index contributed by atoms with van der Waals surface area (Å²) in [5.41, 5.74) is 1.54. The number of hydrogen-bond donors (Lipinski definition) is 1. The summed E-state index contributed by atoms with van der Waals surface area (Å²) in [5.74, 6) is 0.561. The molecule has 0 aromatic heterocycles. The Bertz CT molecular complexity index is 650. The van der Waals surface area contributed by atoms with Gasteiger partial charge in [-0.05, 0) is 35.9 Å². The van der Waals surface area contributed by atoms with E-state index in [2.05, 4.69) is 19.2 Å². The number of ether oxygens (including phenoxy) is 1. The Morgan fingerprint density at radius 1 is 1.18 bits per heavy atom. The summed E-state index contributed by atoms with van der Waals surface area (Å²) in [6.45, 7) is 4.70. The van der Waals surface area contributed by atoms with Crippen molar-refractivity contribution in [3.63, 3.8) is 0 Å². The van der Waals surface area contributed by atoms with E-state index in [1.54, 1.807) is 25.3 Å². The number of hydrogen-bond acceptors (Lipinski definition) is 2. The van der Waals surface area contributed by atoms with Crippen molar-refractivity contribution in [3.05, 3.63) is 64.7 Å². The van der Waals surface area contributed by atoms with Crippen molar-refractivity contribution in [1.82, 2.24) is 5.32 Å². The lowest BCUT2D eigenvalue weighted by Crippen LogP contribution is -2.36. The van der Waals surface area contributed by atoms with Crippen LogP contribution < -0.4 is 10.1 Å². The van der Waals surface area contributed by atoms with Gasteiger partial charge in [-0.3, -0.25) is 4.79 Å². The summed E-state index contributed by atoms with van der Waals surface area (Å²) in [4.78, 5) is 12.3. The lowest BCUT2D eigenvalue weighted by molar-refractivity contribution is 0.0945. The van der Waals surface area contributed by atoms with Crippen LogP contribution in [0.5, 0.6) is 5.75 Å². The number of benzene rings is 2. The van der Waals surface area contributed by atoms with Crippen LogP contribution in [0.3, 0.4) is 0 Å². The van der Waals surface area contributed by atoms with Gasteiger partial charge in [0.2, 0.25) is 0 Å². The van der Waals surface area contributed by atoms with Crippen LogP contribution in [0.1, 0.15) is 29.8 Å².